The fourth-order valence-electron chi connectivity index (χ4n) is 1.48. The molecule has 0 saturated heterocycles. The van der Waals surface area contributed by atoms with Gasteiger partial charge in [0.05, 0.1) is 5.38 Å². The molecule has 0 aromatic heterocycles. The molecular formula is C13H20ClNO. The molecule has 0 radical (unpaired) electrons. The lowest BCUT2D eigenvalue weighted by Gasteiger charge is -2.16. The molecule has 1 aromatic carbocycles. The van der Waals surface area contributed by atoms with E-state index in [0.717, 1.165) is 25.1 Å². The summed E-state index contributed by atoms with van der Waals surface area (Å²) in [6.07, 6.45) is 1.01. The van der Waals surface area contributed by atoms with E-state index in [0.29, 0.717) is 6.04 Å². The maximum absolute atomic E-state index is 6.29. The van der Waals surface area contributed by atoms with Crippen molar-refractivity contribution in [3.05, 3.63) is 35.9 Å². The first-order chi connectivity index (χ1) is 7.74. The van der Waals surface area contributed by atoms with Gasteiger partial charge in [0.15, 0.2) is 0 Å². The summed E-state index contributed by atoms with van der Waals surface area (Å²) in [7, 11) is 1.72. The fraction of sp³-hybridized carbons (Fsp3) is 0.538. The first kappa shape index (κ1) is 13.5. The van der Waals surface area contributed by atoms with E-state index in [1.807, 2.05) is 18.2 Å². The topological polar surface area (TPSA) is 21.3 Å². The van der Waals surface area contributed by atoms with Gasteiger partial charge in [-0.3, -0.25) is 0 Å². The molecular weight excluding hydrogens is 222 g/mol. The second-order valence-electron chi connectivity index (χ2n) is 3.97. The Morgan fingerprint density at radius 3 is 2.62 bits per heavy atom. The van der Waals surface area contributed by atoms with Crippen LogP contribution in [-0.4, -0.2) is 26.3 Å². The van der Waals surface area contributed by atoms with E-state index < -0.39 is 0 Å². The molecule has 0 saturated carbocycles. The quantitative estimate of drug-likeness (QED) is 0.741. The van der Waals surface area contributed by atoms with Crippen LogP contribution in [0.25, 0.3) is 0 Å². The molecule has 1 rings (SSSR count). The summed E-state index contributed by atoms with van der Waals surface area (Å²) < 4.78 is 5.03. The Kier molecular flexibility index (Phi) is 6.46. The fourth-order valence-corrected chi connectivity index (χ4v) is 1.72. The molecule has 0 fully saturated rings. The van der Waals surface area contributed by atoms with Crippen molar-refractivity contribution in [3.63, 3.8) is 0 Å². The van der Waals surface area contributed by atoms with Crippen LogP contribution < -0.4 is 5.32 Å². The number of rotatable bonds is 7. The van der Waals surface area contributed by atoms with Crippen molar-refractivity contribution in [2.45, 2.75) is 24.8 Å². The first-order valence-electron chi connectivity index (χ1n) is 5.65. The maximum atomic E-state index is 6.29. The van der Waals surface area contributed by atoms with Crippen molar-refractivity contribution in [2.75, 3.05) is 20.3 Å². The van der Waals surface area contributed by atoms with Gasteiger partial charge in [-0.05, 0) is 18.9 Å². The third kappa shape index (κ3) is 4.97. The molecule has 0 aliphatic rings. The van der Waals surface area contributed by atoms with Crippen molar-refractivity contribution in [1.82, 2.24) is 5.32 Å². The number of hydrogen-bond donors (Lipinski definition) is 1. The lowest BCUT2D eigenvalue weighted by atomic mass is 10.1. The number of alkyl halides is 1. The summed E-state index contributed by atoms with van der Waals surface area (Å²) in [5.74, 6) is 0. The summed E-state index contributed by atoms with van der Waals surface area (Å²) in [5.41, 5.74) is 1.16. The number of benzene rings is 1. The number of ether oxygens (including phenoxy) is 1. The Morgan fingerprint density at radius 2 is 2.00 bits per heavy atom. The molecule has 0 bridgehead atoms. The molecule has 16 heavy (non-hydrogen) atoms. The highest BCUT2D eigenvalue weighted by atomic mass is 35.5. The van der Waals surface area contributed by atoms with Gasteiger partial charge in [0, 0.05) is 26.3 Å². The highest BCUT2D eigenvalue weighted by Gasteiger charge is 2.08. The molecule has 0 heterocycles. The lowest BCUT2D eigenvalue weighted by molar-refractivity contribution is 0.185. The number of halogens is 1. The minimum atomic E-state index is 0.0335. The Morgan fingerprint density at radius 1 is 1.31 bits per heavy atom. The van der Waals surface area contributed by atoms with Crippen molar-refractivity contribution < 1.29 is 4.74 Å². The van der Waals surface area contributed by atoms with Gasteiger partial charge in [0.2, 0.25) is 0 Å². The first-order valence-corrected chi connectivity index (χ1v) is 6.09. The largest absolute Gasteiger partial charge is 0.385 e. The Balaban J connectivity index is 2.27. The third-order valence-electron chi connectivity index (χ3n) is 2.56. The summed E-state index contributed by atoms with van der Waals surface area (Å²) in [6, 6.07) is 10.6. The van der Waals surface area contributed by atoms with Gasteiger partial charge >= 0.3 is 0 Å². The molecule has 0 spiro atoms. The van der Waals surface area contributed by atoms with E-state index in [-0.39, 0.29) is 5.38 Å². The minimum Gasteiger partial charge on any atom is -0.385 e. The van der Waals surface area contributed by atoms with Crippen molar-refractivity contribution in [3.8, 4) is 0 Å². The van der Waals surface area contributed by atoms with E-state index in [4.69, 9.17) is 16.3 Å². The van der Waals surface area contributed by atoms with Crippen LogP contribution in [0.1, 0.15) is 24.3 Å². The highest BCUT2D eigenvalue weighted by molar-refractivity contribution is 6.21. The molecule has 0 aliphatic heterocycles. The Hall–Kier alpha value is -0.570. The van der Waals surface area contributed by atoms with Gasteiger partial charge in [-0.1, -0.05) is 30.3 Å². The summed E-state index contributed by atoms with van der Waals surface area (Å²) in [5, 5.41) is 3.44. The standard InChI is InChI=1S/C13H20ClNO/c1-11(8-9-16-2)15-10-13(14)12-6-4-3-5-7-12/h3-7,11,13,15H,8-10H2,1-2H3. The molecule has 2 unspecified atom stereocenters. The molecule has 1 aromatic rings. The third-order valence-corrected chi connectivity index (χ3v) is 2.97. The van der Waals surface area contributed by atoms with Gasteiger partial charge in [0.25, 0.3) is 0 Å². The summed E-state index contributed by atoms with van der Waals surface area (Å²) >= 11 is 6.29. The van der Waals surface area contributed by atoms with Crippen molar-refractivity contribution in [1.29, 1.82) is 0 Å². The lowest BCUT2D eigenvalue weighted by Crippen LogP contribution is -2.30. The molecule has 2 nitrogen and oxygen atoms in total. The molecule has 90 valence electrons. The van der Waals surface area contributed by atoms with E-state index >= 15 is 0 Å². The predicted octanol–water partition coefficient (Wildman–Crippen LogP) is 2.98. The zero-order chi connectivity index (χ0) is 11.8. The van der Waals surface area contributed by atoms with E-state index in [1.54, 1.807) is 7.11 Å². The van der Waals surface area contributed by atoms with Crippen LogP contribution in [0.15, 0.2) is 30.3 Å². The van der Waals surface area contributed by atoms with Crippen LogP contribution in [0.5, 0.6) is 0 Å². The smallest absolute Gasteiger partial charge is 0.0709 e. The monoisotopic (exact) mass is 241 g/mol. The van der Waals surface area contributed by atoms with Gasteiger partial charge in [-0.15, -0.1) is 11.6 Å². The van der Waals surface area contributed by atoms with Crippen LogP contribution >= 0.6 is 11.6 Å². The molecule has 2 atom stereocenters. The van der Waals surface area contributed by atoms with Gasteiger partial charge in [0.1, 0.15) is 0 Å². The average Bonchev–Trinajstić information content (AvgIpc) is 2.34. The van der Waals surface area contributed by atoms with Gasteiger partial charge < -0.3 is 10.1 Å². The molecule has 0 amide bonds. The highest BCUT2D eigenvalue weighted by Crippen LogP contribution is 2.18. The van der Waals surface area contributed by atoms with Crippen LogP contribution in [0.3, 0.4) is 0 Å². The SMILES string of the molecule is COCCC(C)NCC(Cl)c1ccccc1. The summed E-state index contributed by atoms with van der Waals surface area (Å²) in [4.78, 5) is 0. The maximum Gasteiger partial charge on any atom is 0.0709 e. The zero-order valence-corrected chi connectivity index (χ0v) is 10.7. The molecule has 0 aliphatic carbocycles. The number of methoxy groups -OCH3 is 1. The van der Waals surface area contributed by atoms with Gasteiger partial charge in [-0.25, -0.2) is 0 Å². The summed E-state index contributed by atoms with van der Waals surface area (Å²) in [6.45, 7) is 3.72. The van der Waals surface area contributed by atoms with Gasteiger partial charge in [-0.2, -0.15) is 0 Å². The second kappa shape index (κ2) is 7.66. The van der Waals surface area contributed by atoms with E-state index in [1.165, 1.54) is 0 Å². The average molecular weight is 242 g/mol. The van der Waals surface area contributed by atoms with E-state index in [2.05, 4.69) is 24.4 Å². The Bertz CT molecular complexity index is 279. The van der Waals surface area contributed by atoms with Crippen molar-refractivity contribution in [2.24, 2.45) is 0 Å². The second-order valence-corrected chi connectivity index (χ2v) is 4.50. The van der Waals surface area contributed by atoms with Crippen LogP contribution in [-0.2, 0) is 4.74 Å². The van der Waals surface area contributed by atoms with Crippen LogP contribution in [0, 0.1) is 0 Å². The van der Waals surface area contributed by atoms with Crippen LogP contribution in [0.2, 0.25) is 0 Å². The Labute approximate surface area is 103 Å². The number of nitrogens with one attached hydrogen (secondary N) is 1. The van der Waals surface area contributed by atoms with Crippen molar-refractivity contribution >= 4 is 11.6 Å². The molecule has 3 heteroatoms. The van der Waals surface area contributed by atoms with Crippen LogP contribution in [0.4, 0.5) is 0 Å². The zero-order valence-electron chi connectivity index (χ0n) is 9.95. The minimum absolute atomic E-state index is 0.0335. The predicted molar refractivity (Wildman–Crippen MR) is 69.0 cm³/mol. The molecule has 1 N–H and O–H groups in total. The number of hydrogen-bond acceptors (Lipinski definition) is 2. The van der Waals surface area contributed by atoms with E-state index in [9.17, 15) is 0 Å². The normalized spacial score (nSPS) is 14.7.